The van der Waals surface area contributed by atoms with Gasteiger partial charge in [-0.3, -0.25) is 19.5 Å². The lowest BCUT2D eigenvalue weighted by atomic mass is 10.1. The van der Waals surface area contributed by atoms with Crippen molar-refractivity contribution in [1.82, 2.24) is 5.32 Å². The fraction of sp³-hybridized carbons (Fsp3) is 0.158. The van der Waals surface area contributed by atoms with Gasteiger partial charge in [-0.05, 0) is 50.3 Å². The number of hydrogen-bond donors (Lipinski definition) is 1. The Kier molecular flexibility index (Phi) is 4.72. The summed E-state index contributed by atoms with van der Waals surface area (Å²) in [6.45, 7) is 3.94. The first-order valence-electron chi connectivity index (χ1n) is 7.82. The molecule has 0 aliphatic carbocycles. The van der Waals surface area contributed by atoms with E-state index < -0.39 is 17.7 Å². The SMILES string of the molecule is Cc1ccc(N=C[C@H]2C(=O)NC(=S)N(c3ccc(C)cc3)C2=O)cc1. The zero-order valence-corrected chi connectivity index (χ0v) is 14.7. The smallest absolute Gasteiger partial charge is 0.251 e. The van der Waals surface area contributed by atoms with E-state index in [4.69, 9.17) is 12.2 Å². The number of thiocarbonyl (C=S) groups is 1. The molecule has 5 nitrogen and oxygen atoms in total. The molecule has 2 aromatic carbocycles. The number of carbonyl (C=O) groups excluding carboxylic acids is 2. The largest absolute Gasteiger partial charge is 0.301 e. The predicted molar refractivity (Wildman–Crippen MR) is 102 cm³/mol. The van der Waals surface area contributed by atoms with Crippen molar-refractivity contribution in [3.63, 3.8) is 0 Å². The minimum atomic E-state index is -1.02. The zero-order chi connectivity index (χ0) is 18.0. The number of anilines is 1. The number of hydrogen-bond acceptors (Lipinski definition) is 4. The van der Waals surface area contributed by atoms with Gasteiger partial charge in [-0.15, -0.1) is 0 Å². The molecule has 6 heteroatoms. The number of aliphatic imine (C=N–C) groups is 1. The van der Waals surface area contributed by atoms with Crippen LogP contribution in [0.5, 0.6) is 0 Å². The van der Waals surface area contributed by atoms with Crippen LogP contribution in [0.4, 0.5) is 11.4 Å². The highest BCUT2D eigenvalue weighted by Gasteiger charge is 2.38. The maximum absolute atomic E-state index is 12.8. The number of rotatable bonds is 3. The molecule has 1 heterocycles. The van der Waals surface area contributed by atoms with Crippen LogP contribution in [-0.2, 0) is 9.59 Å². The first-order chi connectivity index (χ1) is 12.0. The summed E-state index contributed by atoms with van der Waals surface area (Å²) < 4.78 is 0. The lowest BCUT2D eigenvalue weighted by Gasteiger charge is -2.30. The van der Waals surface area contributed by atoms with Gasteiger partial charge in [-0.1, -0.05) is 35.4 Å². The molecule has 1 atom stereocenters. The lowest BCUT2D eigenvalue weighted by Crippen LogP contribution is -2.58. The zero-order valence-electron chi connectivity index (χ0n) is 13.9. The van der Waals surface area contributed by atoms with Crippen molar-refractivity contribution in [2.45, 2.75) is 13.8 Å². The normalized spacial score (nSPS) is 17.9. The van der Waals surface area contributed by atoms with E-state index in [1.54, 1.807) is 12.1 Å². The third-order valence-corrected chi connectivity index (χ3v) is 4.19. The van der Waals surface area contributed by atoms with Gasteiger partial charge in [-0.2, -0.15) is 0 Å². The maximum atomic E-state index is 12.8. The van der Waals surface area contributed by atoms with E-state index in [1.165, 1.54) is 11.1 Å². The van der Waals surface area contributed by atoms with Crippen LogP contribution in [-0.4, -0.2) is 23.1 Å². The first-order valence-corrected chi connectivity index (χ1v) is 8.23. The molecule has 0 saturated carbocycles. The fourth-order valence-corrected chi connectivity index (χ4v) is 2.75. The molecule has 0 aromatic heterocycles. The summed E-state index contributed by atoms with van der Waals surface area (Å²) in [5.41, 5.74) is 3.48. The van der Waals surface area contributed by atoms with Crippen molar-refractivity contribution < 1.29 is 9.59 Å². The van der Waals surface area contributed by atoms with Gasteiger partial charge >= 0.3 is 0 Å². The minimum Gasteiger partial charge on any atom is -0.301 e. The van der Waals surface area contributed by atoms with Gasteiger partial charge in [0.15, 0.2) is 11.0 Å². The summed E-state index contributed by atoms with van der Waals surface area (Å²) in [5, 5.41) is 2.66. The van der Waals surface area contributed by atoms with Crippen molar-refractivity contribution >= 4 is 46.7 Å². The molecule has 1 fully saturated rings. The van der Waals surface area contributed by atoms with Crippen molar-refractivity contribution in [3.8, 4) is 0 Å². The third kappa shape index (κ3) is 3.64. The highest BCUT2D eigenvalue weighted by molar-refractivity contribution is 7.80. The Bertz CT molecular complexity index is 857. The maximum Gasteiger partial charge on any atom is 0.251 e. The molecular formula is C19H17N3O2S. The number of benzene rings is 2. The average molecular weight is 351 g/mol. The number of carbonyl (C=O) groups is 2. The molecule has 0 unspecified atom stereocenters. The second kappa shape index (κ2) is 6.94. The second-order valence-electron chi connectivity index (χ2n) is 5.89. The second-order valence-corrected chi connectivity index (χ2v) is 6.28. The van der Waals surface area contributed by atoms with Crippen molar-refractivity contribution in [2.75, 3.05) is 4.90 Å². The van der Waals surface area contributed by atoms with E-state index in [2.05, 4.69) is 10.3 Å². The van der Waals surface area contributed by atoms with Gasteiger partial charge in [0.1, 0.15) is 0 Å². The molecule has 126 valence electrons. The van der Waals surface area contributed by atoms with Gasteiger partial charge in [0.2, 0.25) is 5.91 Å². The van der Waals surface area contributed by atoms with Gasteiger partial charge < -0.3 is 5.32 Å². The highest BCUT2D eigenvalue weighted by atomic mass is 32.1. The summed E-state index contributed by atoms with van der Waals surface area (Å²) in [7, 11) is 0. The Morgan fingerprint density at radius 3 is 2.16 bits per heavy atom. The van der Waals surface area contributed by atoms with Crippen LogP contribution in [0.2, 0.25) is 0 Å². The van der Waals surface area contributed by atoms with Crippen LogP contribution >= 0.6 is 12.2 Å². The third-order valence-electron chi connectivity index (χ3n) is 3.90. The molecule has 0 radical (unpaired) electrons. The molecule has 2 aromatic rings. The number of nitrogens with zero attached hydrogens (tertiary/aromatic N) is 2. The van der Waals surface area contributed by atoms with Crippen molar-refractivity contribution in [1.29, 1.82) is 0 Å². The van der Waals surface area contributed by atoms with Crippen molar-refractivity contribution in [2.24, 2.45) is 10.9 Å². The summed E-state index contributed by atoms with van der Waals surface area (Å²) in [4.78, 5) is 30.6. The fourth-order valence-electron chi connectivity index (χ4n) is 2.45. The summed E-state index contributed by atoms with van der Waals surface area (Å²) in [5.74, 6) is -1.89. The first kappa shape index (κ1) is 17.0. The molecular weight excluding hydrogens is 334 g/mol. The topological polar surface area (TPSA) is 61.8 Å². The molecule has 1 aliphatic rings. The minimum absolute atomic E-state index is 0.0823. The van der Waals surface area contributed by atoms with Crippen LogP contribution in [0.25, 0.3) is 0 Å². The number of nitrogens with one attached hydrogen (secondary N) is 1. The lowest BCUT2D eigenvalue weighted by molar-refractivity contribution is -0.130. The van der Waals surface area contributed by atoms with Crippen LogP contribution in [0.1, 0.15) is 11.1 Å². The van der Waals surface area contributed by atoms with E-state index in [0.717, 1.165) is 11.1 Å². The molecule has 0 bridgehead atoms. The standard InChI is InChI=1S/C19H17N3O2S/c1-12-3-7-14(8-4-12)20-11-16-17(23)21-19(25)22(18(16)24)15-9-5-13(2)6-10-15/h3-11,16H,1-2H3,(H,21,23,25)/t16-/m0/s1. The van der Waals surface area contributed by atoms with Crippen LogP contribution in [0.3, 0.4) is 0 Å². The molecule has 1 N–H and O–H groups in total. The Balaban J connectivity index is 1.87. The van der Waals surface area contributed by atoms with Crippen molar-refractivity contribution in [3.05, 3.63) is 59.7 Å². The van der Waals surface area contributed by atoms with Crippen LogP contribution < -0.4 is 10.2 Å². The quantitative estimate of drug-likeness (QED) is 0.525. The van der Waals surface area contributed by atoms with E-state index in [-0.39, 0.29) is 5.11 Å². The Hall–Kier alpha value is -2.86. The number of amides is 2. The van der Waals surface area contributed by atoms with Crippen LogP contribution in [0, 0.1) is 19.8 Å². The van der Waals surface area contributed by atoms with Gasteiger partial charge in [0, 0.05) is 6.21 Å². The van der Waals surface area contributed by atoms with Gasteiger partial charge in [0.05, 0.1) is 11.4 Å². The van der Waals surface area contributed by atoms with E-state index in [0.29, 0.717) is 11.4 Å². The Labute approximate surface area is 151 Å². The summed E-state index contributed by atoms with van der Waals surface area (Å²) in [6, 6.07) is 14.9. The van der Waals surface area contributed by atoms with E-state index in [1.807, 2.05) is 50.2 Å². The molecule has 3 rings (SSSR count). The number of aryl methyl sites for hydroxylation is 2. The Morgan fingerprint density at radius 1 is 1.00 bits per heavy atom. The monoisotopic (exact) mass is 351 g/mol. The van der Waals surface area contributed by atoms with E-state index in [9.17, 15) is 9.59 Å². The summed E-state index contributed by atoms with van der Waals surface area (Å²) >= 11 is 5.17. The summed E-state index contributed by atoms with van der Waals surface area (Å²) in [6.07, 6.45) is 1.37. The molecule has 25 heavy (non-hydrogen) atoms. The highest BCUT2D eigenvalue weighted by Crippen LogP contribution is 2.21. The molecule has 1 saturated heterocycles. The molecule has 1 aliphatic heterocycles. The average Bonchev–Trinajstić information content (AvgIpc) is 2.57. The van der Waals surface area contributed by atoms with Gasteiger partial charge in [0.25, 0.3) is 5.91 Å². The molecule has 0 spiro atoms. The van der Waals surface area contributed by atoms with Crippen LogP contribution in [0.15, 0.2) is 53.5 Å². The Morgan fingerprint density at radius 2 is 1.56 bits per heavy atom. The predicted octanol–water partition coefficient (Wildman–Crippen LogP) is 3.07. The van der Waals surface area contributed by atoms with Gasteiger partial charge in [-0.25, -0.2) is 0 Å². The molecule has 2 amide bonds. The van der Waals surface area contributed by atoms with E-state index >= 15 is 0 Å².